The van der Waals surface area contributed by atoms with Crippen molar-refractivity contribution < 1.29 is 9.53 Å². The Bertz CT molecular complexity index is 620. The van der Waals surface area contributed by atoms with Gasteiger partial charge in [-0.1, -0.05) is 12.2 Å². The van der Waals surface area contributed by atoms with E-state index in [1.54, 1.807) is 24.3 Å². The molecule has 0 unspecified atom stereocenters. The zero-order valence-corrected chi connectivity index (χ0v) is 12.5. The molecule has 0 fully saturated rings. The molecule has 0 spiro atoms. The van der Waals surface area contributed by atoms with E-state index in [-0.39, 0.29) is 12.5 Å². The summed E-state index contributed by atoms with van der Waals surface area (Å²) in [4.78, 5) is 14.1. The highest BCUT2D eigenvalue weighted by Gasteiger charge is 2.08. The van der Waals surface area contributed by atoms with Crippen LogP contribution in [0.15, 0.2) is 36.4 Å². The monoisotopic (exact) mass is 306 g/mol. The molecule has 104 valence electrons. The van der Waals surface area contributed by atoms with Crippen LogP contribution < -0.4 is 15.8 Å². The molecule has 0 aliphatic rings. The van der Waals surface area contributed by atoms with Crippen molar-refractivity contribution in [1.29, 1.82) is 0 Å². The summed E-state index contributed by atoms with van der Waals surface area (Å²) < 4.78 is 5.34. The molecule has 20 heavy (non-hydrogen) atoms. The van der Waals surface area contributed by atoms with Crippen LogP contribution in [-0.4, -0.2) is 17.5 Å². The lowest BCUT2D eigenvalue weighted by molar-refractivity contribution is 0.103. The van der Waals surface area contributed by atoms with Gasteiger partial charge in [-0.3, -0.25) is 4.79 Å². The van der Waals surface area contributed by atoms with E-state index in [4.69, 9.17) is 22.7 Å². The lowest BCUT2D eigenvalue weighted by atomic mass is 10.3. The molecule has 0 aliphatic heterocycles. The Labute approximate surface area is 126 Å². The van der Waals surface area contributed by atoms with Gasteiger partial charge in [-0.05, 0) is 43.3 Å². The Balaban J connectivity index is 1.96. The molecule has 3 N–H and O–H groups in total. The van der Waals surface area contributed by atoms with E-state index in [0.717, 1.165) is 4.88 Å². The third-order valence-electron chi connectivity index (χ3n) is 2.46. The molecule has 0 radical (unpaired) electrons. The fourth-order valence-corrected chi connectivity index (χ4v) is 2.36. The molecule has 0 atom stereocenters. The average molecular weight is 306 g/mol. The predicted molar refractivity (Wildman–Crippen MR) is 85.7 cm³/mol. The number of nitrogens with one attached hydrogen (secondary N) is 1. The maximum absolute atomic E-state index is 12.0. The number of thiophene rings is 1. The Morgan fingerprint density at radius 1 is 1.30 bits per heavy atom. The van der Waals surface area contributed by atoms with E-state index in [9.17, 15) is 4.79 Å². The highest BCUT2D eigenvalue weighted by Crippen LogP contribution is 2.19. The fraction of sp³-hybridized carbons (Fsp3) is 0.143. The molecule has 1 aromatic heterocycles. The van der Waals surface area contributed by atoms with Crippen LogP contribution in [0.2, 0.25) is 0 Å². The Hall–Kier alpha value is -1.92. The van der Waals surface area contributed by atoms with Crippen LogP contribution in [0.5, 0.6) is 5.75 Å². The maximum Gasteiger partial charge on any atom is 0.265 e. The number of rotatable bonds is 5. The first-order valence-electron chi connectivity index (χ1n) is 5.93. The van der Waals surface area contributed by atoms with E-state index in [0.29, 0.717) is 21.3 Å². The van der Waals surface area contributed by atoms with Gasteiger partial charge in [0.15, 0.2) is 0 Å². The van der Waals surface area contributed by atoms with Gasteiger partial charge in [0.25, 0.3) is 5.91 Å². The summed E-state index contributed by atoms with van der Waals surface area (Å²) in [6.07, 6.45) is 0. The Morgan fingerprint density at radius 2 is 2.00 bits per heavy atom. The molecule has 0 saturated heterocycles. The van der Waals surface area contributed by atoms with Crippen LogP contribution in [0, 0.1) is 6.92 Å². The summed E-state index contributed by atoms with van der Waals surface area (Å²) in [6.45, 7) is 2.17. The van der Waals surface area contributed by atoms with Gasteiger partial charge < -0.3 is 15.8 Å². The summed E-state index contributed by atoms with van der Waals surface area (Å²) in [7, 11) is 0. The van der Waals surface area contributed by atoms with Gasteiger partial charge in [0, 0.05) is 10.6 Å². The maximum atomic E-state index is 12.0. The molecule has 4 nitrogen and oxygen atoms in total. The van der Waals surface area contributed by atoms with Crippen molar-refractivity contribution in [3.63, 3.8) is 0 Å². The van der Waals surface area contributed by atoms with Gasteiger partial charge >= 0.3 is 0 Å². The fourth-order valence-electron chi connectivity index (χ4n) is 1.54. The van der Waals surface area contributed by atoms with E-state index in [1.165, 1.54) is 11.3 Å². The van der Waals surface area contributed by atoms with Crippen LogP contribution in [0.25, 0.3) is 0 Å². The third-order valence-corrected chi connectivity index (χ3v) is 3.57. The van der Waals surface area contributed by atoms with E-state index in [2.05, 4.69) is 5.32 Å². The van der Waals surface area contributed by atoms with Crippen molar-refractivity contribution in [3.05, 3.63) is 46.2 Å². The van der Waals surface area contributed by atoms with Gasteiger partial charge in [0.1, 0.15) is 17.3 Å². The quantitative estimate of drug-likeness (QED) is 0.834. The van der Waals surface area contributed by atoms with Crippen LogP contribution in [0.4, 0.5) is 5.69 Å². The molecule has 2 aromatic rings. The van der Waals surface area contributed by atoms with Crippen LogP contribution in [-0.2, 0) is 0 Å². The topological polar surface area (TPSA) is 64.3 Å². The number of carbonyl (C=O) groups excluding carboxylic acids is 1. The standard InChI is InChI=1S/C14H14N2O2S2/c1-9-2-7-12(20-9)14(17)16-10-3-5-11(6-4-10)18-8-13(15)19/h2-7H,8H2,1H3,(H2,15,19)(H,16,17). The van der Waals surface area contributed by atoms with Crippen LogP contribution in [0.3, 0.4) is 0 Å². The van der Waals surface area contributed by atoms with Crippen molar-refractivity contribution in [2.45, 2.75) is 6.92 Å². The van der Waals surface area contributed by atoms with Crippen molar-refractivity contribution in [3.8, 4) is 5.75 Å². The highest BCUT2D eigenvalue weighted by molar-refractivity contribution is 7.80. The number of thiocarbonyl (C=S) groups is 1. The molecule has 1 heterocycles. The van der Waals surface area contributed by atoms with Gasteiger partial charge in [-0.2, -0.15) is 0 Å². The zero-order valence-electron chi connectivity index (χ0n) is 10.9. The first-order chi connectivity index (χ1) is 9.54. The summed E-state index contributed by atoms with van der Waals surface area (Å²) in [5.74, 6) is 0.544. The lowest BCUT2D eigenvalue weighted by Gasteiger charge is -2.07. The number of carbonyl (C=O) groups is 1. The van der Waals surface area contributed by atoms with Crippen molar-refractivity contribution in [2.75, 3.05) is 11.9 Å². The van der Waals surface area contributed by atoms with Crippen molar-refractivity contribution in [1.82, 2.24) is 0 Å². The molecule has 2 rings (SSSR count). The summed E-state index contributed by atoms with van der Waals surface area (Å²) >= 11 is 6.20. The first-order valence-corrected chi connectivity index (χ1v) is 7.16. The minimum atomic E-state index is -0.111. The molecular weight excluding hydrogens is 292 g/mol. The van der Waals surface area contributed by atoms with Gasteiger partial charge in [-0.25, -0.2) is 0 Å². The molecule has 6 heteroatoms. The number of amides is 1. The molecular formula is C14H14N2O2S2. The molecule has 1 aromatic carbocycles. The smallest absolute Gasteiger partial charge is 0.265 e. The minimum Gasteiger partial charge on any atom is -0.487 e. The second kappa shape index (κ2) is 6.49. The predicted octanol–water partition coefficient (Wildman–Crippen LogP) is 2.97. The Kier molecular flexibility index (Phi) is 4.70. The molecule has 0 saturated carbocycles. The second-order valence-corrected chi connectivity index (χ2v) is 5.96. The number of hydrogen-bond donors (Lipinski definition) is 2. The molecule has 0 aliphatic carbocycles. The number of hydrogen-bond acceptors (Lipinski definition) is 4. The summed E-state index contributed by atoms with van der Waals surface area (Å²) in [6, 6.07) is 10.8. The van der Waals surface area contributed by atoms with Gasteiger partial charge in [-0.15, -0.1) is 11.3 Å². The lowest BCUT2D eigenvalue weighted by Crippen LogP contribution is -2.17. The van der Waals surface area contributed by atoms with Gasteiger partial charge in [0.2, 0.25) is 0 Å². The van der Waals surface area contributed by atoms with Crippen LogP contribution >= 0.6 is 23.6 Å². The first kappa shape index (κ1) is 14.5. The number of nitrogens with two attached hydrogens (primary N) is 1. The average Bonchev–Trinajstić information content (AvgIpc) is 2.85. The number of ether oxygens (including phenoxy) is 1. The zero-order chi connectivity index (χ0) is 14.5. The van der Waals surface area contributed by atoms with Crippen molar-refractivity contribution in [2.24, 2.45) is 5.73 Å². The second-order valence-electron chi connectivity index (χ2n) is 4.14. The highest BCUT2D eigenvalue weighted by atomic mass is 32.1. The normalized spacial score (nSPS) is 10.1. The van der Waals surface area contributed by atoms with Crippen LogP contribution in [0.1, 0.15) is 14.5 Å². The van der Waals surface area contributed by atoms with Gasteiger partial charge in [0.05, 0.1) is 4.88 Å². The molecule has 0 bridgehead atoms. The number of benzene rings is 1. The summed E-state index contributed by atoms with van der Waals surface area (Å²) in [5.41, 5.74) is 6.06. The van der Waals surface area contributed by atoms with E-state index >= 15 is 0 Å². The van der Waals surface area contributed by atoms with Crippen molar-refractivity contribution >= 4 is 40.1 Å². The third kappa shape index (κ3) is 4.04. The van der Waals surface area contributed by atoms with E-state index < -0.39 is 0 Å². The number of aryl methyl sites for hydroxylation is 1. The minimum absolute atomic E-state index is 0.111. The Morgan fingerprint density at radius 3 is 2.55 bits per heavy atom. The number of anilines is 1. The molecule has 1 amide bonds. The van der Waals surface area contributed by atoms with E-state index in [1.807, 2.05) is 19.1 Å². The summed E-state index contributed by atoms with van der Waals surface area (Å²) in [5, 5.41) is 2.83. The largest absolute Gasteiger partial charge is 0.487 e. The SMILES string of the molecule is Cc1ccc(C(=O)Nc2ccc(OCC(N)=S)cc2)s1.